The Hall–Kier alpha value is -2.04. The lowest BCUT2D eigenvalue weighted by molar-refractivity contribution is -0.147. The summed E-state index contributed by atoms with van der Waals surface area (Å²) in [4.78, 5) is 23.9. The van der Waals surface area contributed by atoms with Gasteiger partial charge in [0.1, 0.15) is 5.54 Å². The molecule has 0 aliphatic carbocycles. The van der Waals surface area contributed by atoms with Crippen molar-refractivity contribution in [3.8, 4) is 0 Å². The van der Waals surface area contributed by atoms with E-state index in [-0.39, 0.29) is 5.91 Å². The van der Waals surface area contributed by atoms with Crippen LogP contribution < -0.4 is 11.1 Å². The fraction of sp³-hybridized carbons (Fsp3) is 0.429. The molecule has 104 valence electrons. The lowest BCUT2D eigenvalue weighted by Gasteiger charge is -2.27. The van der Waals surface area contributed by atoms with Gasteiger partial charge in [-0.1, -0.05) is 13.3 Å². The summed E-state index contributed by atoms with van der Waals surface area (Å²) in [6.45, 7) is 3.61. The summed E-state index contributed by atoms with van der Waals surface area (Å²) in [5.74, 6) is -0.764. The minimum absolute atomic E-state index is 0.318. The molecule has 5 nitrogen and oxygen atoms in total. The molecule has 0 radical (unpaired) electrons. The number of benzene rings is 1. The number of nitrogens with one attached hydrogen (secondary N) is 1. The predicted molar refractivity (Wildman–Crippen MR) is 73.6 cm³/mol. The van der Waals surface area contributed by atoms with Gasteiger partial charge in [-0.2, -0.15) is 0 Å². The van der Waals surface area contributed by atoms with Crippen LogP contribution in [0.3, 0.4) is 0 Å². The molecule has 0 heterocycles. The topological polar surface area (TPSA) is 81.4 Å². The molecular weight excluding hydrogens is 244 g/mol. The standard InChI is InChI=1S/C14H20N2O3/c1-4-9-14(2,13(18)19-3)16-12(17)10-5-7-11(15)8-6-10/h5-8H,4,9,15H2,1-3H3,(H,16,17). The van der Waals surface area contributed by atoms with Crippen LogP contribution >= 0.6 is 0 Å². The second kappa shape index (κ2) is 6.22. The Labute approximate surface area is 113 Å². The number of nitrogen functional groups attached to an aromatic ring is 1. The van der Waals surface area contributed by atoms with Gasteiger partial charge in [0, 0.05) is 11.3 Å². The maximum Gasteiger partial charge on any atom is 0.331 e. The second-order valence-corrected chi connectivity index (χ2v) is 4.65. The number of ether oxygens (including phenoxy) is 1. The summed E-state index contributed by atoms with van der Waals surface area (Å²) in [5.41, 5.74) is 5.60. The number of esters is 1. The van der Waals surface area contributed by atoms with Crippen LogP contribution in [0.1, 0.15) is 37.0 Å². The summed E-state index contributed by atoms with van der Waals surface area (Å²) < 4.78 is 4.75. The van der Waals surface area contributed by atoms with Crippen LogP contribution in [0.5, 0.6) is 0 Å². The van der Waals surface area contributed by atoms with E-state index in [4.69, 9.17) is 10.5 Å². The van der Waals surface area contributed by atoms with Crippen LogP contribution in [-0.4, -0.2) is 24.5 Å². The number of amides is 1. The first kappa shape index (κ1) is 15.0. The van der Waals surface area contributed by atoms with Crippen LogP contribution in [0.4, 0.5) is 5.69 Å². The van der Waals surface area contributed by atoms with Crippen molar-refractivity contribution < 1.29 is 14.3 Å². The van der Waals surface area contributed by atoms with E-state index >= 15 is 0 Å². The van der Waals surface area contributed by atoms with Crippen molar-refractivity contribution in [3.05, 3.63) is 29.8 Å². The zero-order valence-electron chi connectivity index (χ0n) is 11.5. The SMILES string of the molecule is CCCC(C)(NC(=O)c1ccc(N)cc1)C(=O)OC. The summed E-state index contributed by atoms with van der Waals surface area (Å²) in [6.07, 6.45) is 1.27. The largest absolute Gasteiger partial charge is 0.467 e. The van der Waals surface area contributed by atoms with Crippen molar-refractivity contribution in [1.82, 2.24) is 5.32 Å². The van der Waals surface area contributed by atoms with Gasteiger partial charge < -0.3 is 15.8 Å². The molecule has 0 aliphatic heterocycles. The third-order valence-electron chi connectivity index (χ3n) is 2.95. The molecule has 5 heteroatoms. The van der Waals surface area contributed by atoms with Gasteiger partial charge in [-0.15, -0.1) is 0 Å². The minimum atomic E-state index is -1.01. The molecule has 0 aromatic heterocycles. The fourth-order valence-electron chi connectivity index (χ4n) is 1.90. The molecule has 3 N–H and O–H groups in total. The van der Waals surface area contributed by atoms with Gasteiger partial charge in [0.15, 0.2) is 0 Å². The number of rotatable bonds is 5. The lowest BCUT2D eigenvalue weighted by Crippen LogP contribution is -2.52. The molecule has 0 fully saturated rings. The van der Waals surface area contributed by atoms with E-state index in [1.54, 1.807) is 31.2 Å². The highest BCUT2D eigenvalue weighted by molar-refractivity contribution is 5.98. The number of carbonyl (C=O) groups is 2. The van der Waals surface area contributed by atoms with Crippen LogP contribution in [0.2, 0.25) is 0 Å². The molecule has 0 saturated heterocycles. The number of hydrogen-bond donors (Lipinski definition) is 2. The zero-order valence-corrected chi connectivity index (χ0v) is 11.5. The molecule has 1 aromatic rings. The van der Waals surface area contributed by atoms with E-state index in [1.807, 2.05) is 6.92 Å². The summed E-state index contributed by atoms with van der Waals surface area (Å²) in [6, 6.07) is 6.52. The van der Waals surface area contributed by atoms with Gasteiger partial charge in [0.05, 0.1) is 7.11 Å². The predicted octanol–water partition coefficient (Wildman–Crippen LogP) is 1.73. The van der Waals surface area contributed by atoms with E-state index in [9.17, 15) is 9.59 Å². The Bertz CT molecular complexity index is 456. The fourth-order valence-corrected chi connectivity index (χ4v) is 1.90. The average molecular weight is 264 g/mol. The van der Waals surface area contributed by atoms with Gasteiger partial charge in [-0.3, -0.25) is 4.79 Å². The lowest BCUT2D eigenvalue weighted by atomic mass is 9.95. The van der Waals surface area contributed by atoms with Crippen LogP contribution in [0.15, 0.2) is 24.3 Å². The molecule has 1 aromatic carbocycles. The maximum atomic E-state index is 12.1. The molecule has 1 atom stereocenters. The Kier molecular flexibility index (Phi) is 4.92. The highest BCUT2D eigenvalue weighted by Crippen LogP contribution is 2.16. The van der Waals surface area contributed by atoms with E-state index in [0.29, 0.717) is 17.7 Å². The van der Waals surface area contributed by atoms with Crippen molar-refractivity contribution in [2.45, 2.75) is 32.2 Å². The number of methoxy groups -OCH3 is 1. The molecular formula is C14H20N2O3. The Balaban J connectivity index is 2.87. The Morgan fingerprint density at radius 2 is 1.89 bits per heavy atom. The second-order valence-electron chi connectivity index (χ2n) is 4.65. The van der Waals surface area contributed by atoms with Crippen molar-refractivity contribution in [1.29, 1.82) is 0 Å². The third-order valence-corrected chi connectivity index (χ3v) is 2.95. The number of hydrogen-bond acceptors (Lipinski definition) is 4. The van der Waals surface area contributed by atoms with Gasteiger partial charge in [-0.05, 0) is 37.6 Å². The molecule has 0 spiro atoms. The first-order valence-electron chi connectivity index (χ1n) is 6.19. The first-order chi connectivity index (χ1) is 8.92. The van der Waals surface area contributed by atoms with Gasteiger partial charge >= 0.3 is 5.97 Å². The average Bonchev–Trinajstić information content (AvgIpc) is 2.38. The zero-order chi connectivity index (χ0) is 14.5. The summed E-state index contributed by atoms with van der Waals surface area (Å²) in [7, 11) is 1.31. The number of carbonyl (C=O) groups excluding carboxylic acids is 2. The van der Waals surface area contributed by atoms with E-state index in [0.717, 1.165) is 6.42 Å². The van der Waals surface area contributed by atoms with Crippen molar-refractivity contribution in [3.63, 3.8) is 0 Å². The quantitative estimate of drug-likeness (QED) is 0.627. The minimum Gasteiger partial charge on any atom is -0.467 e. The van der Waals surface area contributed by atoms with Gasteiger partial charge in [0.2, 0.25) is 0 Å². The first-order valence-corrected chi connectivity index (χ1v) is 6.19. The van der Waals surface area contributed by atoms with E-state index in [1.165, 1.54) is 7.11 Å². The van der Waals surface area contributed by atoms with Crippen LogP contribution in [0, 0.1) is 0 Å². The van der Waals surface area contributed by atoms with Crippen molar-refractivity contribution >= 4 is 17.6 Å². The van der Waals surface area contributed by atoms with Crippen molar-refractivity contribution in [2.75, 3.05) is 12.8 Å². The van der Waals surface area contributed by atoms with Crippen molar-refractivity contribution in [2.24, 2.45) is 0 Å². The Morgan fingerprint density at radius 3 is 2.37 bits per heavy atom. The molecule has 0 saturated carbocycles. The highest BCUT2D eigenvalue weighted by Gasteiger charge is 2.35. The summed E-state index contributed by atoms with van der Waals surface area (Å²) >= 11 is 0. The van der Waals surface area contributed by atoms with Gasteiger partial charge in [0.25, 0.3) is 5.91 Å². The normalized spacial score (nSPS) is 13.4. The number of anilines is 1. The molecule has 0 bridgehead atoms. The summed E-state index contributed by atoms with van der Waals surface area (Å²) in [5, 5.41) is 2.73. The molecule has 19 heavy (non-hydrogen) atoms. The Morgan fingerprint density at radius 1 is 1.32 bits per heavy atom. The molecule has 1 amide bonds. The highest BCUT2D eigenvalue weighted by atomic mass is 16.5. The van der Waals surface area contributed by atoms with E-state index < -0.39 is 11.5 Å². The smallest absolute Gasteiger partial charge is 0.331 e. The molecule has 1 unspecified atom stereocenters. The molecule has 1 rings (SSSR count). The maximum absolute atomic E-state index is 12.1. The van der Waals surface area contributed by atoms with Crippen LogP contribution in [0.25, 0.3) is 0 Å². The van der Waals surface area contributed by atoms with Crippen LogP contribution in [-0.2, 0) is 9.53 Å². The third kappa shape index (κ3) is 3.71. The monoisotopic (exact) mass is 264 g/mol. The van der Waals surface area contributed by atoms with Gasteiger partial charge in [-0.25, -0.2) is 4.79 Å². The van der Waals surface area contributed by atoms with E-state index in [2.05, 4.69) is 5.32 Å². The number of nitrogens with two attached hydrogens (primary N) is 1. The molecule has 0 aliphatic rings.